The molecule has 1 heterocycles. The number of morpholine rings is 1. The van der Waals surface area contributed by atoms with Crippen LogP contribution in [0.5, 0.6) is 0 Å². The summed E-state index contributed by atoms with van der Waals surface area (Å²) in [6.07, 6.45) is 2.38. The molecule has 0 bridgehead atoms. The molecule has 0 radical (unpaired) electrons. The van der Waals surface area contributed by atoms with Crippen LogP contribution in [-0.2, 0) is 14.8 Å². The SMILES string of the molecule is O=S(=O)(CCNC1CC1)N1CCOCC1. The minimum absolute atomic E-state index is 0.212. The number of nitrogens with zero attached hydrogens (tertiary/aromatic N) is 1. The molecule has 2 rings (SSSR count). The number of sulfonamides is 1. The molecule has 0 aromatic rings. The van der Waals surface area contributed by atoms with Crippen molar-refractivity contribution in [3.8, 4) is 0 Å². The summed E-state index contributed by atoms with van der Waals surface area (Å²) in [7, 11) is -3.06. The van der Waals surface area contributed by atoms with Crippen molar-refractivity contribution < 1.29 is 13.2 Å². The molecular formula is C9H18N2O3S. The fourth-order valence-electron chi connectivity index (χ4n) is 1.63. The number of rotatable bonds is 5. The van der Waals surface area contributed by atoms with Crippen molar-refractivity contribution in [2.45, 2.75) is 18.9 Å². The number of nitrogens with one attached hydrogen (secondary N) is 1. The van der Waals surface area contributed by atoms with Crippen molar-refractivity contribution in [3.05, 3.63) is 0 Å². The number of ether oxygens (including phenoxy) is 1. The van der Waals surface area contributed by atoms with Crippen molar-refractivity contribution in [2.24, 2.45) is 0 Å². The van der Waals surface area contributed by atoms with Gasteiger partial charge in [0.15, 0.2) is 0 Å². The Morgan fingerprint density at radius 1 is 1.27 bits per heavy atom. The van der Waals surface area contributed by atoms with Crippen LogP contribution in [0.3, 0.4) is 0 Å². The first kappa shape index (κ1) is 11.3. The largest absolute Gasteiger partial charge is 0.379 e. The zero-order valence-electron chi connectivity index (χ0n) is 8.81. The average molecular weight is 234 g/mol. The highest BCUT2D eigenvalue weighted by Crippen LogP contribution is 2.18. The Hall–Kier alpha value is -0.170. The van der Waals surface area contributed by atoms with Crippen LogP contribution in [0.25, 0.3) is 0 Å². The molecular weight excluding hydrogens is 216 g/mol. The van der Waals surface area contributed by atoms with Gasteiger partial charge in [-0.25, -0.2) is 8.42 Å². The van der Waals surface area contributed by atoms with E-state index >= 15 is 0 Å². The van der Waals surface area contributed by atoms with Crippen molar-refractivity contribution in [1.29, 1.82) is 0 Å². The molecule has 1 saturated heterocycles. The predicted molar refractivity (Wildman–Crippen MR) is 57.2 cm³/mol. The Morgan fingerprint density at radius 3 is 2.53 bits per heavy atom. The summed E-state index contributed by atoms with van der Waals surface area (Å²) in [4.78, 5) is 0. The van der Waals surface area contributed by atoms with Gasteiger partial charge in [0.1, 0.15) is 0 Å². The Labute approximate surface area is 90.8 Å². The Bertz CT molecular complexity index is 294. The summed E-state index contributed by atoms with van der Waals surface area (Å²) in [6, 6.07) is 0.574. The van der Waals surface area contributed by atoms with E-state index in [1.165, 1.54) is 17.1 Å². The number of hydrogen-bond acceptors (Lipinski definition) is 4. The third kappa shape index (κ3) is 3.41. The second kappa shape index (κ2) is 4.78. The van der Waals surface area contributed by atoms with E-state index in [4.69, 9.17) is 4.74 Å². The summed E-state index contributed by atoms with van der Waals surface area (Å²) in [5.41, 5.74) is 0. The summed E-state index contributed by atoms with van der Waals surface area (Å²) in [5, 5.41) is 3.21. The molecule has 6 heteroatoms. The van der Waals surface area contributed by atoms with Crippen LogP contribution in [0.4, 0.5) is 0 Å². The summed E-state index contributed by atoms with van der Waals surface area (Å²) in [5.74, 6) is 0.212. The third-order valence-electron chi connectivity index (χ3n) is 2.73. The molecule has 0 unspecified atom stereocenters. The zero-order chi connectivity index (χ0) is 10.7. The van der Waals surface area contributed by atoms with Crippen LogP contribution in [0.1, 0.15) is 12.8 Å². The maximum absolute atomic E-state index is 11.8. The predicted octanol–water partition coefficient (Wildman–Crippen LogP) is -0.600. The smallest absolute Gasteiger partial charge is 0.215 e. The van der Waals surface area contributed by atoms with Gasteiger partial charge < -0.3 is 10.1 Å². The first-order valence-electron chi connectivity index (χ1n) is 5.47. The van der Waals surface area contributed by atoms with E-state index in [0.717, 1.165) is 0 Å². The minimum Gasteiger partial charge on any atom is -0.379 e. The molecule has 1 saturated carbocycles. The monoisotopic (exact) mass is 234 g/mol. The van der Waals surface area contributed by atoms with Gasteiger partial charge >= 0.3 is 0 Å². The summed E-state index contributed by atoms with van der Waals surface area (Å²) >= 11 is 0. The lowest BCUT2D eigenvalue weighted by molar-refractivity contribution is 0.0730. The van der Waals surface area contributed by atoms with E-state index in [-0.39, 0.29) is 5.75 Å². The van der Waals surface area contributed by atoms with E-state index in [1.807, 2.05) is 0 Å². The highest BCUT2D eigenvalue weighted by atomic mass is 32.2. The molecule has 2 aliphatic rings. The maximum atomic E-state index is 11.8. The van der Waals surface area contributed by atoms with E-state index < -0.39 is 10.0 Å². The second-order valence-electron chi connectivity index (χ2n) is 4.06. The summed E-state index contributed by atoms with van der Waals surface area (Å²) < 4.78 is 30.3. The van der Waals surface area contributed by atoms with Gasteiger partial charge in [-0.05, 0) is 12.8 Å². The van der Waals surface area contributed by atoms with Crippen molar-refractivity contribution in [3.63, 3.8) is 0 Å². The normalized spacial score (nSPS) is 24.3. The van der Waals surface area contributed by atoms with Gasteiger partial charge in [-0.1, -0.05) is 0 Å². The van der Waals surface area contributed by atoms with Gasteiger partial charge in [-0.2, -0.15) is 4.31 Å². The second-order valence-corrected chi connectivity index (χ2v) is 6.14. The van der Waals surface area contributed by atoms with Gasteiger partial charge in [0.2, 0.25) is 10.0 Å². The molecule has 15 heavy (non-hydrogen) atoms. The quantitative estimate of drug-likeness (QED) is 0.690. The molecule has 2 fully saturated rings. The van der Waals surface area contributed by atoms with E-state index in [1.54, 1.807) is 0 Å². The van der Waals surface area contributed by atoms with Gasteiger partial charge in [0.05, 0.1) is 19.0 Å². The Morgan fingerprint density at radius 2 is 1.93 bits per heavy atom. The molecule has 88 valence electrons. The minimum atomic E-state index is -3.06. The topological polar surface area (TPSA) is 58.6 Å². The standard InChI is InChI=1S/C9H18N2O3S/c12-15(13,8-3-10-9-1-2-9)11-4-6-14-7-5-11/h9-10H,1-8H2. The molecule has 0 aromatic carbocycles. The van der Waals surface area contributed by atoms with Gasteiger partial charge in [-0.15, -0.1) is 0 Å². The van der Waals surface area contributed by atoms with Crippen LogP contribution in [0, 0.1) is 0 Å². The molecule has 5 nitrogen and oxygen atoms in total. The molecule has 1 aliphatic carbocycles. The zero-order valence-corrected chi connectivity index (χ0v) is 9.63. The lowest BCUT2D eigenvalue weighted by Crippen LogP contribution is -2.43. The van der Waals surface area contributed by atoms with Crippen LogP contribution in [0.2, 0.25) is 0 Å². The Balaban J connectivity index is 1.76. The molecule has 0 aromatic heterocycles. The molecule has 1 aliphatic heterocycles. The fourth-order valence-corrected chi connectivity index (χ4v) is 2.97. The van der Waals surface area contributed by atoms with Gasteiger partial charge in [-0.3, -0.25) is 0 Å². The van der Waals surface area contributed by atoms with E-state index in [2.05, 4.69) is 5.32 Å². The van der Waals surface area contributed by atoms with Crippen molar-refractivity contribution in [2.75, 3.05) is 38.6 Å². The van der Waals surface area contributed by atoms with Crippen molar-refractivity contribution in [1.82, 2.24) is 9.62 Å². The van der Waals surface area contributed by atoms with E-state index in [9.17, 15) is 8.42 Å². The highest BCUT2D eigenvalue weighted by molar-refractivity contribution is 7.89. The maximum Gasteiger partial charge on any atom is 0.215 e. The molecule has 0 amide bonds. The van der Waals surface area contributed by atoms with Crippen LogP contribution < -0.4 is 5.32 Å². The lowest BCUT2D eigenvalue weighted by atomic mass is 10.5. The first-order valence-corrected chi connectivity index (χ1v) is 7.08. The lowest BCUT2D eigenvalue weighted by Gasteiger charge is -2.26. The van der Waals surface area contributed by atoms with Crippen LogP contribution >= 0.6 is 0 Å². The Kier molecular flexibility index (Phi) is 3.60. The molecule has 1 N–H and O–H groups in total. The van der Waals surface area contributed by atoms with Crippen molar-refractivity contribution >= 4 is 10.0 Å². The molecule has 0 atom stereocenters. The summed E-state index contributed by atoms with van der Waals surface area (Å²) in [6.45, 7) is 2.63. The fraction of sp³-hybridized carbons (Fsp3) is 1.00. The third-order valence-corrected chi connectivity index (χ3v) is 4.61. The van der Waals surface area contributed by atoms with Gasteiger partial charge in [0, 0.05) is 25.7 Å². The first-order chi connectivity index (χ1) is 7.18. The average Bonchev–Trinajstić information content (AvgIpc) is 3.03. The molecule has 0 spiro atoms. The van der Waals surface area contributed by atoms with Gasteiger partial charge in [0.25, 0.3) is 0 Å². The number of hydrogen-bond donors (Lipinski definition) is 1. The van der Waals surface area contributed by atoms with Crippen LogP contribution in [-0.4, -0.2) is 57.4 Å². The highest BCUT2D eigenvalue weighted by Gasteiger charge is 2.25. The van der Waals surface area contributed by atoms with Crippen LogP contribution in [0.15, 0.2) is 0 Å². The van der Waals surface area contributed by atoms with E-state index in [0.29, 0.717) is 38.9 Å².